The predicted molar refractivity (Wildman–Crippen MR) is 62.8 cm³/mol. The van der Waals surface area contributed by atoms with E-state index in [1.165, 1.54) is 18.3 Å². The molecule has 1 heterocycles. The van der Waals surface area contributed by atoms with Crippen molar-refractivity contribution in [3.63, 3.8) is 0 Å². The van der Waals surface area contributed by atoms with E-state index in [-0.39, 0.29) is 11.3 Å². The van der Waals surface area contributed by atoms with E-state index in [1.54, 1.807) is 10.9 Å². The zero-order valence-corrected chi connectivity index (χ0v) is 10.1. The van der Waals surface area contributed by atoms with Gasteiger partial charge in [-0.15, -0.1) is 0 Å². The highest BCUT2D eigenvalue weighted by Gasteiger charge is 2.30. The molecule has 0 fully saturated rings. The maximum absolute atomic E-state index is 12.4. The summed E-state index contributed by atoms with van der Waals surface area (Å²) in [6, 6.07) is 4.15. The molecule has 0 aliphatic heterocycles. The van der Waals surface area contributed by atoms with Crippen LogP contribution in [0.25, 0.3) is 0 Å². The molecule has 0 amide bonds. The first-order chi connectivity index (χ1) is 8.91. The average Bonchev–Trinajstić information content (AvgIpc) is 2.86. The van der Waals surface area contributed by atoms with Crippen molar-refractivity contribution in [2.75, 3.05) is 0 Å². The summed E-state index contributed by atoms with van der Waals surface area (Å²) in [5, 5.41) is 3.95. The summed E-state index contributed by atoms with van der Waals surface area (Å²) in [5.41, 5.74) is -0.196. The van der Waals surface area contributed by atoms with Crippen LogP contribution in [0.15, 0.2) is 36.7 Å². The number of benzene rings is 1. The van der Waals surface area contributed by atoms with Crippen molar-refractivity contribution in [1.82, 2.24) is 9.78 Å². The lowest BCUT2D eigenvalue weighted by molar-refractivity contribution is -0.137. The second kappa shape index (κ2) is 4.87. The first-order valence-corrected chi connectivity index (χ1v) is 5.66. The summed E-state index contributed by atoms with van der Waals surface area (Å²) in [6.07, 6.45) is -1.42. The Morgan fingerprint density at radius 1 is 1.21 bits per heavy atom. The van der Waals surface area contributed by atoms with Crippen LogP contribution in [-0.4, -0.2) is 15.6 Å². The molecule has 6 heteroatoms. The summed E-state index contributed by atoms with van der Waals surface area (Å²) in [5.74, 6) is -0.339. The monoisotopic (exact) mass is 268 g/mol. The third-order valence-electron chi connectivity index (χ3n) is 2.69. The Balaban J connectivity index is 2.25. The summed E-state index contributed by atoms with van der Waals surface area (Å²) < 4.78 is 38.8. The Morgan fingerprint density at radius 3 is 2.32 bits per heavy atom. The molecular formula is C13H11F3N2O. The number of carbonyl (C=O) groups excluding carboxylic acids is 1. The van der Waals surface area contributed by atoms with Crippen LogP contribution in [0, 0.1) is 0 Å². The van der Waals surface area contributed by atoms with Crippen molar-refractivity contribution in [2.24, 2.45) is 0 Å². The number of carbonyl (C=O) groups is 1. The number of alkyl halides is 3. The molecule has 1 aromatic carbocycles. The van der Waals surface area contributed by atoms with E-state index in [0.717, 1.165) is 12.1 Å². The fourth-order valence-corrected chi connectivity index (χ4v) is 1.63. The van der Waals surface area contributed by atoms with Gasteiger partial charge in [0.05, 0.1) is 17.3 Å². The summed E-state index contributed by atoms with van der Waals surface area (Å²) >= 11 is 0. The molecule has 0 aliphatic rings. The fraction of sp³-hybridized carbons (Fsp3) is 0.231. The van der Waals surface area contributed by atoms with E-state index in [4.69, 9.17) is 0 Å². The number of nitrogens with zero attached hydrogens (tertiary/aromatic N) is 2. The Hall–Kier alpha value is -2.11. The summed E-state index contributed by atoms with van der Waals surface area (Å²) in [7, 11) is 0. The Kier molecular flexibility index (Phi) is 3.42. The predicted octanol–water partition coefficient (Wildman–Crippen LogP) is 3.15. The largest absolute Gasteiger partial charge is 0.416 e. The number of rotatable bonds is 3. The Labute approximate surface area is 107 Å². The van der Waals surface area contributed by atoms with Crippen LogP contribution in [0.1, 0.15) is 28.4 Å². The molecule has 1 aromatic heterocycles. The van der Waals surface area contributed by atoms with Crippen molar-refractivity contribution in [1.29, 1.82) is 0 Å². The highest BCUT2D eigenvalue weighted by Crippen LogP contribution is 2.29. The van der Waals surface area contributed by atoms with Crippen LogP contribution >= 0.6 is 0 Å². The molecule has 0 atom stereocenters. The van der Waals surface area contributed by atoms with Crippen LogP contribution in [-0.2, 0) is 12.7 Å². The number of aromatic nitrogens is 2. The molecule has 100 valence electrons. The van der Waals surface area contributed by atoms with Gasteiger partial charge < -0.3 is 0 Å². The summed E-state index contributed by atoms with van der Waals surface area (Å²) in [6.45, 7) is 2.50. The molecule has 3 nitrogen and oxygen atoms in total. The lowest BCUT2D eigenvalue weighted by atomic mass is 10.0. The van der Waals surface area contributed by atoms with E-state index >= 15 is 0 Å². The molecule has 0 unspecified atom stereocenters. The highest BCUT2D eigenvalue weighted by atomic mass is 19.4. The molecule has 0 spiro atoms. The van der Waals surface area contributed by atoms with E-state index in [0.29, 0.717) is 12.1 Å². The maximum Gasteiger partial charge on any atom is 0.416 e. The van der Waals surface area contributed by atoms with E-state index in [2.05, 4.69) is 5.10 Å². The minimum Gasteiger partial charge on any atom is -0.288 e. The topological polar surface area (TPSA) is 34.9 Å². The molecule has 19 heavy (non-hydrogen) atoms. The molecule has 0 bridgehead atoms. The van der Waals surface area contributed by atoms with Gasteiger partial charge >= 0.3 is 6.18 Å². The molecule has 0 N–H and O–H groups in total. The van der Waals surface area contributed by atoms with Crippen molar-refractivity contribution < 1.29 is 18.0 Å². The zero-order valence-electron chi connectivity index (χ0n) is 10.1. The molecule has 0 radical (unpaired) electrons. The molecule has 0 saturated carbocycles. The second-order valence-corrected chi connectivity index (χ2v) is 3.99. The van der Waals surface area contributed by atoms with Crippen LogP contribution in [0.4, 0.5) is 13.2 Å². The van der Waals surface area contributed by atoms with E-state index in [9.17, 15) is 18.0 Å². The third-order valence-corrected chi connectivity index (χ3v) is 2.69. The van der Waals surface area contributed by atoms with Gasteiger partial charge in [0.15, 0.2) is 5.78 Å². The number of aryl methyl sites for hydroxylation is 1. The van der Waals surface area contributed by atoms with Crippen LogP contribution in [0.5, 0.6) is 0 Å². The minimum absolute atomic E-state index is 0.212. The number of hydrogen-bond acceptors (Lipinski definition) is 2. The molecule has 2 aromatic rings. The van der Waals surface area contributed by atoms with Crippen LogP contribution in [0.3, 0.4) is 0 Å². The van der Waals surface area contributed by atoms with Gasteiger partial charge in [-0.2, -0.15) is 18.3 Å². The van der Waals surface area contributed by atoms with Crippen molar-refractivity contribution >= 4 is 5.78 Å². The summed E-state index contributed by atoms with van der Waals surface area (Å²) in [4.78, 5) is 12.0. The highest BCUT2D eigenvalue weighted by molar-refractivity contribution is 6.08. The second-order valence-electron chi connectivity index (χ2n) is 3.99. The van der Waals surface area contributed by atoms with Crippen LogP contribution in [0.2, 0.25) is 0 Å². The smallest absolute Gasteiger partial charge is 0.288 e. The maximum atomic E-state index is 12.4. The third kappa shape index (κ3) is 2.83. The normalized spacial score (nSPS) is 11.6. The van der Waals surface area contributed by atoms with Gasteiger partial charge in [-0.05, 0) is 19.1 Å². The molecule has 2 rings (SSSR count). The van der Waals surface area contributed by atoms with Gasteiger partial charge in [-0.3, -0.25) is 9.48 Å². The molecule has 0 aliphatic carbocycles. The van der Waals surface area contributed by atoms with Crippen molar-refractivity contribution in [2.45, 2.75) is 19.6 Å². The lowest BCUT2D eigenvalue weighted by Gasteiger charge is -2.06. The Bertz CT molecular complexity index is 585. The minimum atomic E-state index is -4.39. The van der Waals surface area contributed by atoms with Crippen molar-refractivity contribution in [3.8, 4) is 0 Å². The average molecular weight is 268 g/mol. The zero-order chi connectivity index (χ0) is 14.0. The number of halogens is 3. The van der Waals surface area contributed by atoms with Gasteiger partial charge in [0.25, 0.3) is 0 Å². The number of ketones is 1. The van der Waals surface area contributed by atoms with Crippen LogP contribution < -0.4 is 0 Å². The first kappa shape index (κ1) is 13.3. The Morgan fingerprint density at radius 2 is 1.84 bits per heavy atom. The molecular weight excluding hydrogens is 257 g/mol. The SMILES string of the molecule is CCn1cc(C(=O)c2ccc(C(F)(F)F)cc2)cn1. The van der Waals surface area contributed by atoms with Gasteiger partial charge in [0, 0.05) is 18.3 Å². The molecule has 0 saturated heterocycles. The van der Waals surface area contributed by atoms with Gasteiger partial charge in [-0.25, -0.2) is 0 Å². The van der Waals surface area contributed by atoms with Gasteiger partial charge in [-0.1, -0.05) is 12.1 Å². The quantitative estimate of drug-likeness (QED) is 0.801. The van der Waals surface area contributed by atoms with Gasteiger partial charge in [0.1, 0.15) is 0 Å². The van der Waals surface area contributed by atoms with Crippen molar-refractivity contribution in [3.05, 3.63) is 53.3 Å². The van der Waals surface area contributed by atoms with E-state index < -0.39 is 11.7 Å². The standard InChI is InChI=1S/C13H11F3N2O/c1-2-18-8-10(7-17-18)12(19)9-3-5-11(6-4-9)13(14,15)16/h3-8H,2H2,1H3. The first-order valence-electron chi connectivity index (χ1n) is 5.66. The fourth-order valence-electron chi connectivity index (χ4n) is 1.63. The van der Waals surface area contributed by atoms with Gasteiger partial charge in [0.2, 0.25) is 0 Å². The van der Waals surface area contributed by atoms with E-state index in [1.807, 2.05) is 6.92 Å². The lowest BCUT2D eigenvalue weighted by Crippen LogP contribution is -2.06. The number of hydrogen-bond donors (Lipinski definition) is 0.